The highest BCUT2D eigenvalue weighted by molar-refractivity contribution is 7.09. The van der Waals surface area contributed by atoms with E-state index in [1.165, 1.54) is 0 Å². The van der Waals surface area contributed by atoms with Gasteiger partial charge < -0.3 is 15.0 Å². The molecule has 5 heteroatoms. The monoisotopic (exact) mass is 285 g/mol. The van der Waals surface area contributed by atoms with Crippen LogP contribution >= 0.6 is 11.3 Å². The van der Waals surface area contributed by atoms with E-state index in [2.05, 4.69) is 48.3 Å². The van der Waals surface area contributed by atoms with Crippen molar-refractivity contribution in [2.24, 2.45) is 0 Å². The zero-order chi connectivity index (χ0) is 14.1. The van der Waals surface area contributed by atoms with Gasteiger partial charge in [-0.2, -0.15) is 0 Å². The van der Waals surface area contributed by atoms with E-state index < -0.39 is 0 Å². The van der Waals surface area contributed by atoms with Crippen LogP contribution in [0.2, 0.25) is 0 Å². The van der Waals surface area contributed by atoms with Crippen LogP contribution in [0, 0.1) is 0 Å². The van der Waals surface area contributed by atoms with E-state index in [1.807, 2.05) is 0 Å². The summed E-state index contributed by atoms with van der Waals surface area (Å²) < 4.78 is 5.67. The number of nitrogens with one attached hydrogen (secondary N) is 1. The first-order valence-corrected chi connectivity index (χ1v) is 8.00. The third-order valence-corrected chi connectivity index (χ3v) is 3.85. The highest BCUT2D eigenvalue weighted by Crippen LogP contribution is 2.10. The van der Waals surface area contributed by atoms with E-state index in [0.29, 0.717) is 12.6 Å². The number of aromatic nitrogens is 1. The topological polar surface area (TPSA) is 37.4 Å². The standard InChI is InChI=1S/C14H27N3OS/c1-5-17(6-2)7-8-18-10-13-11-19-14(16-13)9-15-12(3)4/h11-12,15H,5-10H2,1-4H3. The molecule has 0 aliphatic rings. The van der Waals surface area contributed by atoms with Gasteiger partial charge in [0, 0.05) is 24.5 Å². The Morgan fingerprint density at radius 3 is 2.74 bits per heavy atom. The third kappa shape index (κ3) is 7.01. The Balaban J connectivity index is 2.19. The minimum absolute atomic E-state index is 0.498. The van der Waals surface area contributed by atoms with Crippen molar-refractivity contribution in [3.8, 4) is 0 Å². The Morgan fingerprint density at radius 2 is 2.11 bits per heavy atom. The summed E-state index contributed by atoms with van der Waals surface area (Å²) >= 11 is 1.70. The molecule has 0 atom stereocenters. The van der Waals surface area contributed by atoms with Crippen molar-refractivity contribution < 1.29 is 4.74 Å². The molecule has 0 radical (unpaired) electrons. The molecule has 0 saturated carbocycles. The molecular formula is C14H27N3OS. The van der Waals surface area contributed by atoms with Gasteiger partial charge in [0.15, 0.2) is 0 Å². The maximum atomic E-state index is 5.67. The van der Waals surface area contributed by atoms with Crippen LogP contribution in [0.1, 0.15) is 38.4 Å². The smallest absolute Gasteiger partial charge is 0.107 e. The lowest BCUT2D eigenvalue weighted by atomic mass is 10.4. The molecule has 0 saturated heterocycles. The van der Waals surface area contributed by atoms with Crippen LogP contribution in [0.15, 0.2) is 5.38 Å². The van der Waals surface area contributed by atoms with E-state index in [1.54, 1.807) is 11.3 Å². The number of likely N-dealkylation sites (N-methyl/N-ethyl adjacent to an activating group) is 1. The van der Waals surface area contributed by atoms with Crippen LogP contribution in [0.3, 0.4) is 0 Å². The van der Waals surface area contributed by atoms with Gasteiger partial charge in [-0.15, -0.1) is 11.3 Å². The van der Waals surface area contributed by atoms with E-state index >= 15 is 0 Å². The van der Waals surface area contributed by atoms with Gasteiger partial charge in [-0.1, -0.05) is 27.7 Å². The molecule has 19 heavy (non-hydrogen) atoms. The summed E-state index contributed by atoms with van der Waals surface area (Å²) in [6.45, 7) is 14.1. The molecule has 0 unspecified atom stereocenters. The first-order chi connectivity index (χ1) is 9.15. The first kappa shape index (κ1) is 16.6. The summed E-state index contributed by atoms with van der Waals surface area (Å²) in [6.07, 6.45) is 0. The minimum atomic E-state index is 0.498. The maximum absolute atomic E-state index is 5.67. The molecule has 0 aromatic carbocycles. The van der Waals surface area contributed by atoms with Crippen LogP contribution in [0.5, 0.6) is 0 Å². The van der Waals surface area contributed by atoms with Gasteiger partial charge in [-0.25, -0.2) is 4.98 Å². The average Bonchev–Trinajstić information content (AvgIpc) is 2.84. The molecule has 110 valence electrons. The lowest BCUT2D eigenvalue weighted by Gasteiger charge is -2.17. The number of hydrogen-bond acceptors (Lipinski definition) is 5. The highest BCUT2D eigenvalue weighted by Gasteiger charge is 2.04. The van der Waals surface area contributed by atoms with Crippen molar-refractivity contribution in [3.63, 3.8) is 0 Å². The molecule has 0 amide bonds. The van der Waals surface area contributed by atoms with Gasteiger partial charge >= 0.3 is 0 Å². The first-order valence-electron chi connectivity index (χ1n) is 7.12. The Kier molecular flexibility index (Phi) is 8.21. The van der Waals surface area contributed by atoms with Crippen molar-refractivity contribution in [3.05, 3.63) is 16.1 Å². The molecule has 0 aliphatic carbocycles. The average molecular weight is 285 g/mol. The van der Waals surface area contributed by atoms with Crippen LogP contribution in [0.25, 0.3) is 0 Å². The summed E-state index contributed by atoms with van der Waals surface area (Å²) in [5.74, 6) is 0. The summed E-state index contributed by atoms with van der Waals surface area (Å²) in [7, 11) is 0. The molecule has 0 fully saturated rings. The van der Waals surface area contributed by atoms with Crippen LogP contribution in [-0.4, -0.2) is 42.2 Å². The van der Waals surface area contributed by atoms with Gasteiger partial charge in [0.2, 0.25) is 0 Å². The lowest BCUT2D eigenvalue weighted by molar-refractivity contribution is 0.0938. The number of rotatable bonds is 10. The number of nitrogens with zero attached hydrogens (tertiary/aromatic N) is 2. The van der Waals surface area contributed by atoms with Crippen molar-refractivity contribution in [1.82, 2.24) is 15.2 Å². The predicted molar refractivity (Wildman–Crippen MR) is 81.5 cm³/mol. The Morgan fingerprint density at radius 1 is 1.37 bits per heavy atom. The van der Waals surface area contributed by atoms with Crippen molar-refractivity contribution in [2.45, 2.75) is 46.9 Å². The van der Waals surface area contributed by atoms with E-state index in [0.717, 1.165) is 43.5 Å². The van der Waals surface area contributed by atoms with Crippen LogP contribution in [0.4, 0.5) is 0 Å². The fourth-order valence-electron chi connectivity index (χ4n) is 1.70. The SMILES string of the molecule is CCN(CC)CCOCc1csc(CNC(C)C)n1. The number of ether oxygens (including phenoxy) is 1. The normalized spacial score (nSPS) is 11.7. The fraction of sp³-hybridized carbons (Fsp3) is 0.786. The Bertz CT molecular complexity index is 337. The molecule has 1 N–H and O–H groups in total. The highest BCUT2D eigenvalue weighted by atomic mass is 32.1. The van der Waals surface area contributed by atoms with Gasteiger partial charge in [0.1, 0.15) is 5.01 Å². The summed E-state index contributed by atoms with van der Waals surface area (Å²) in [5.41, 5.74) is 1.05. The van der Waals surface area contributed by atoms with Gasteiger partial charge in [0.05, 0.1) is 18.9 Å². The molecule has 1 aromatic rings. The maximum Gasteiger partial charge on any atom is 0.107 e. The molecule has 1 heterocycles. The largest absolute Gasteiger partial charge is 0.374 e. The second kappa shape index (κ2) is 9.42. The number of hydrogen-bond donors (Lipinski definition) is 1. The second-order valence-electron chi connectivity index (χ2n) is 4.85. The molecule has 0 spiro atoms. The van der Waals surface area contributed by atoms with Crippen LogP contribution in [-0.2, 0) is 17.9 Å². The molecule has 4 nitrogen and oxygen atoms in total. The third-order valence-electron chi connectivity index (χ3n) is 2.96. The van der Waals surface area contributed by atoms with E-state index in [-0.39, 0.29) is 0 Å². The summed E-state index contributed by atoms with van der Waals surface area (Å²) in [4.78, 5) is 6.92. The lowest BCUT2D eigenvalue weighted by Crippen LogP contribution is -2.27. The van der Waals surface area contributed by atoms with E-state index in [4.69, 9.17) is 4.74 Å². The molecular weight excluding hydrogens is 258 g/mol. The van der Waals surface area contributed by atoms with Gasteiger partial charge in [0.25, 0.3) is 0 Å². The van der Waals surface area contributed by atoms with Crippen molar-refractivity contribution in [1.29, 1.82) is 0 Å². The summed E-state index contributed by atoms with van der Waals surface area (Å²) in [6, 6.07) is 0.498. The van der Waals surface area contributed by atoms with Gasteiger partial charge in [-0.3, -0.25) is 0 Å². The second-order valence-corrected chi connectivity index (χ2v) is 5.79. The van der Waals surface area contributed by atoms with E-state index in [9.17, 15) is 0 Å². The summed E-state index contributed by atoms with van der Waals surface area (Å²) in [5, 5.41) is 6.60. The number of thiazole rings is 1. The zero-order valence-corrected chi connectivity index (χ0v) is 13.4. The fourth-order valence-corrected chi connectivity index (χ4v) is 2.43. The Hall–Kier alpha value is -0.490. The van der Waals surface area contributed by atoms with Crippen LogP contribution < -0.4 is 5.32 Å². The quantitative estimate of drug-likeness (QED) is 0.670. The van der Waals surface area contributed by atoms with Crippen molar-refractivity contribution in [2.75, 3.05) is 26.2 Å². The minimum Gasteiger partial charge on any atom is -0.374 e. The zero-order valence-electron chi connectivity index (χ0n) is 12.6. The van der Waals surface area contributed by atoms with Gasteiger partial charge in [-0.05, 0) is 13.1 Å². The predicted octanol–water partition coefficient (Wildman–Crippen LogP) is 2.50. The molecule has 0 bridgehead atoms. The Labute approximate surface area is 121 Å². The molecule has 0 aliphatic heterocycles. The molecule has 1 aromatic heterocycles. The molecule has 1 rings (SSSR count). The van der Waals surface area contributed by atoms with Crippen molar-refractivity contribution >= 4 is 11.3 Å².